The summed E-state index contributed by atoms with van der Waals surface area (Å²) in [6.45, 7) is 21.2. The van der Waals surface area contributed by atoms with E-state index in [0.29, 0.717) is 35.1 Å². The summed E-state index contributed by atoms with van der Waals surface area (Å²) in [6, 6.07) is 15.8. The van der Waals surface area contributed by atoms with Crippen molar-refractivity contribution >= 4 is 29.7 Å². The van der Waals surface area contributed by atoms with Gasteiger partial charge in [-0.25, -0.2) is 6.54 Å². The molecule has 1 atom stereocenters. The molecule has 0 aromatic heterocycles. The first-order valence-electron chi connectivity index (χ1n) is 14.5. The normalized spacial score (nSPS) is 18.9. The molecule has 0 unspecified atom stereocenters. The molecule has 38 heavy (non-hydrogen) atoms. The first-order valence-corrected chi connectivity index (χ1v) is 20.0. The van der Waals surface area contributed by atoms with Gasteiger partial charge in [0.25, 0.3) is 0 Å². The van der Waals surface area contributed by atoms with Gasteiger partial charge in [0.2, 0.25) is 0 Å². The second-order valence-electron chi connectivity index (χ2n) is 12.6. The molecule has 1 saturated heterocycles. The van der Waals surface area contributed by atoms with Crippen molar-refractivity contribution in [1.29, 1.82) is 0 Å². The summed E-state index contributed by atoms with van der Waals surface area (Å²) < 4.78 is 1.99. The molecule has 2 aliphatic rings. The van der Waals surface area contributed by atoms with E-state index in [1.807, 2.05) is 16.7 Å². The van der Waals surface area contributed by atoms with Crippen LogP contribution in [0.5, 0.6) is 0 Å². The average molecular weight is 644 g/mol. The predicted octanol–water partition coefficient (Wildman–Crippen LogP) is 10.9. The van der Waals surface area contributed by atoms with Crippen LogP contribution >= 0.6 is 19.4 Å². The minimum Gasteiger partial charge on any atom is -0.519 e. The van der Waals surface area contributed by atoms with Crippen molar-refractivity contribution < 1.29 is 13.5 Å². The van der Waals surface area contributed by atoms with E-state index in [-0.39, 0.29) is 0 Å². The van der Waals surface area contributed by atoms with Gasteiger partial charge in [-0.3, -0.25) is 0 Å². The Kier molecular flexibility index (Phi) is 11.8. The first kappa shape index (κ1) is 31.7. The second kappa shape index (κ2) is 14.2. The molecule has 0 amide bonds. The van der Waals surface area contributed by atoms with E-state index in [9.17, 15) is 0 Å². The second-order valence-corrected chi connectivity index (χ2v) is 18.3. The fourth-order valence-corrected chi connectivity index (χ4v) is 8.01. The van der Waals surface area contributed by atoms with Crippen LogP contribution in [0.3, 0.4) is 0 Å². The van der Waals surface area contributed by atoms with Gasteiger partial charge in [0.1, 0.15) is 0 Å². The summed E-state index contributed by atoms with van der Waals surface area (Å²) in [5, 5.41) is 0. The third-order valence-electron chi connectivity index (χ3n) is 8.05. The van der Waals surface area contributed by atoms with Crippen LogP contribution in [0.2, 0.25) is 0 Å². The van der Waals surface area contributed by atoms with Crippen molar-refractivity contribution in [2.24, 2.45) is 17.3 Å². The van der Waals surface area contributed by atoms with Crippen LogP contribution in [0.1, 0.15) is 122 Å². The van der Waals surface area contributed by atoms with E-state index in [2.05, 4.69) is 104 Å². The summed E-state index contributed by atoms with van der Waals surface area (Å²) in [6.07, 6.45) is 9.20. The average Bonchev–Trinajstić information content (AvgIpc) is 3.46. The molecule has 2 fully saturated rings. The molecule has 4 rings (SSSR count). The van der Waals surface area contributed by atoms with Gasteiger partial charge in [0.05, 0.1) is 0 Å². The van der Waals surface area contributed by atoms with Crippen LogP contribution in [0, 0.1) is 30.2 Å². The van der Waals surface area contributed by atoms with Crippen molar-refractivity contribution in [3.05, 3.63) is 77.7 Å². The minimum atomic E-state index is -1.71. The van der Waals surface area contributed by atoms with E-state index in [1.54, 1.807) is 0 Å². The molecule has 1 nitrogen and oxygen atoms in total. The molecule has 214 valence electrons. The molecule has 1 saturated carbocycles. The molecular formula is C34H49Cl2NRu-2. The van der Waals surface area contributed by atoms with E-state index in [4.69, 9.17) is 19.4 Å². The Balaban J connectivity index is 0.000000244. The van der Waals surface area contributed by atoms with Gasteiger partial charge in [0, 0.05) is 11.7 Å². The van der Waals surface area contributed by atoms with Gasteiger partial charge in [-0.1, -0.05) is 91.8 Å². The molecule has 1 aliphatic heterocycles. The monoisotopic (exact) mass is 643 g/mol. The van der Waals surface area contributed by atoms with Gasteiger partial charge in [0.15, 0.2) is 0 Å². The van der Waals surface area contributed by atoms with E-state index < -0.39 is 13.5 Å². The Bertz CT molecular complexity index is 1040. The summed E-state index contributed by atoms with van der Waals surface area (Å²) in [4.78, 5) is 2.72. The zero-order valence-electron chi connectivity index (χ0n) is 24.8. The summed E-state index contributed by atoms with van der Waals surface area (Å²) >= 11 is -1.71. The molecule has 2 aromatic rings. The van der Waals surface area contributed by atoms with Crippen LogP contribution in [-0.4, -0.2) is 10.7 Å². The van der Waals surface area contributed by atoms with Crippen LogP contribution in [0.4, 0.5) is 5.69 Å². The van der Waals surface area contributed by atoms with Gasteiger partial charge >= 0.3 is 99.1 Å². The number of para-hydroxylation sites is 1. The van der Waals surface area contributed by atoms with Gasteiger partial charge in [-0.2, -0.15) is 0 Å². The largest absolute Gasteiger partial charge is 0.519 e. The van der Waals surface area contributed by atoms with E-state index in [1.165, 1.54) is 54.5 Å². The van der Waals surface area contributed by atoms with Gasteiger partial charge in [-0.15, -0.1) is 5.41 Å². The predicted molar refractivity (Wildman–Crippen MR) is 167 cm³/mol. The van der Waals surface area contributed by atoms with Crippen molar-refractivity contribution in [3.63, 3.8) is 0 Å². The van der Waals surface area contributed by atoms with Gasteiger partial charge in [-0.05, 0) is 28.9 Å². The molecule has 1 heterocycles. The number of hydrogen-bond acceptors (Lipinski definition) is 1. The molecule has 0 N–H and O–H groups in total. The van der Waals surface area contributed by atoms with Crippen molar-refractivity contribution in [2.45, 2.75) is 105 Å². The Morgan fingerprint density at radius 3 is 1.97 bits per heavy atom. The Morgan fingerprint density at radius 1 is 0.895 bits per heavy atom. The Hall–Kier alpha value is -0.817. The maximum absolute atomic E-state index is 5.86. The summed E-state index contributed by atoms with van der Waals surface area (Å²) in [5.41, 5.74) is 7.45. The number of rotatable bonds is 7. The van der Waals surface area contributed by atoms with Crippen molar-refractivity contribution in [3.8, 4) is 0 Å². The number of nitrogens with zero attached hydrogens (tertiary/aromatic N) is 1. The zero-order chi connectivity index (χ0) is 28.0. The maximum atomic E-state index is 5.86. The first-order chi connectivity index (χ1) is 17.9. The van der Waals surface area contributed by atoms with E-state index >= 15 is 0 Å². The Labute approximate surface area is 247 Å². The molecule has 4 heteroatoms. The summed E-state index contributed by atoms with van der Waals surface area (Å²) in [7, 11) is 11.7. The van der Waals surface area contributed by atoms with Crippen LogP contribution in [-0.2, 0) is 13.5 Å². The number of benzene rings is 2. The van der Waals surface area contributed by atoms with Crippen molar-refractivity contribution in [1.82, 2.24) is 0 Å². The maximum Gasteiger partial charge on any atom is 0.0143 e. The van der Waals surface area contributed by atoms with Gasteiger partial charge < -0.3 is 4.90 Å². The minimum absolute atomic E-state index is 0.479. The number of hydrogen-bond donors (Lipinski definition) is 0. The van der Waals surface area contributed by atoms with Crippen LogP contribution < -0.4 is 4.90 Å². The SMILES string of the molecule is CC(C)[CH-]c1ccccc1[CH]=[Ru]([Cl])[Cl].CC(C)c1cccc(C(C)C)c1N1[CH-]C2(CCCC2)C[C@@H]1C(C)C. The number of halogens is 2. The fourth-order valence-electron chi connectivity index (χ4n) is 6.17. The standard InChI is InChI=1S/C23H36N.C11H13.2ClH.Ru/c1-16(2)19-10-9-11-20(17(3)4)22(19)24-15-23(12-7-8-13-23)14-21(24)18(5)6;1-9(2)8-11-7-5-4-6-10(11)3;;;/h9-11,15-18,21H,7-8,12-14H2,1-6H3;3-9H,1-2H3;2*1H;/q2*-1;;;+2/p-2/t21-;;;;/m1..../s1. The van der Waals surface area contributed by atoms with Crippen LogP contribution in [0.15, 0.2) is 42.5 Å². The fraction of sp³-hybridized carbons (Fsp3) is 0.559. The molecule has 0 bridgehead atoms. The quantitative estimate of drug-likeness (QED) is 0.214. The third-order valence-corrected chi connectivity index (χ3v) is 9.88. The smallest absolute Gasteiger partial charge is 0.0143 e. The molecule has 1 spiro atoms. The topological polar surface area (TPSA) is 3.24 Å². The summed E-state index contributed by atoms with van der Waals surface area (Å²) in [5.74, 6) is 2.37. The van der Waals surface area contributed by atoms with Crippen LogP contribution in [0.25, 0.3) is 0 Å². The molecular weight excluding hydrogens is 594 g/mol. The van der Waals surface area contributed by atoms with E-state index in [0.717, 1.165) is 5.56 Å². The molecule has 1 aliphatic carbocycles. The van der Waals surface area contributed by atoms with Crippen molar-refractivity contribution in [2.75, 3.05) is 4.90 Å². The molecule has 0 radical (unpaired) electrons. The zero-order valence-corrected chi connectivity index (χ0v) is 28.0. The molecule has 2 aromatic carbocycles. The third kappa shape index (κ3) is 8.11. The Morgan fingerprint density at radius 2 is 1.47 bits per heavy atom. The number of anilines is 1.